The third-order valence-corrected chi connectivity index (χ3v) is 15.2. The highest BCUT2D eigenvalue weighted by Gasteiger charge is 2.40. The molecule has 0 amide bonds. The van der Waals surface area contributed by atoms with Gasteiger partial charge >= 0.3 is 0 Å². The van der Waals surface area contributed by atoms with E-state index in [0.717, 1.165) is 24.1 Å². The molecule has 4 aliphatic rings. The van der Waals surface area contributed by atoms with Crippen molar-refractivity contribution < 1.29 is 0 Å². The van der Waals surface area contributed by atoms with Crippen LogP contribution in [-0.4, -0.2) is 60.1 Å². The minimum Gasteiger partial charge on any atom is -0.319 e. The average Bonchev–Trinajstić information content (AvgIpc) is 4.12. The highest BCUT2D eigenvalue weighted by Crippen LogP contribution is 2.48. The molecule has 8 heteroatoms. The summed E-state index contributed by atoms with van der Waals surface area (Å²) in [7, 11) is 4.13. The fourth-order valence-corrected chi connectivity index (χ4v) is 12.5. The minimum atomic E-state index is 0.0707. The topological polar surface area (TPSA) is 67.7 Å². The van der Waals surface area contributed by atoms with Gasteiger partial charge in [0.05, 0.1) is 11.0 Å². The SMILES string of the molecule is CNCC1c2ccccc2-c2cc3c(cc21)B(c1ccc2c4ccc(B5c6ccccc6-c6cc7c(cc65)C(CNC)c5ccccc5-7)cc4n(-c4ncncn4)c2c1)c1ccccc1-3. The van der Waals surface area contributed by atoms with Crippen LogP contribution in [0.2, 0.25) is 0 Å². The molecule has 2 aromatic heterocycles. The van der Waals surface area contributed by atoms with E-state index < -0.39 is 0 Å². The molecule has 2 aliphatic heterocycles. The first-order valence-corrected chi connectivity index (χ1v) is 22.9. The Kier molecular flexibility index (Phi) is 8.01. The summed E-state index contributed by atoms with van der Waals surface area (Å²) in [5, 5.41) is 9.37. The van der Waals surface area contributed by atoms with Crippen molar-refractivity contribution in [3.8, 4) is 50.5 Å². The Morgan fingerprint density at radius 1 is 0.431 bits per heavy atom. The number of aromatic nitrogens is 4. The summed E-state index contributed by atoms with van der Waals surface area (Å²) < 4.78 is 2.27. The lowest BCUT2D eigenvalue weighted by Gasteiger charge is -2.17. The monoisotopic (exact) mass is 832 g/mol. The summed E-state index contributed by atoms with van der Waals surface area (Å²) in [6.45, 7) is 1.93. The number of nitrogens with one attached hydrogen (secondary N) is 2. The average molecular weight is 833 g/mol. The highest BCUT2D eigenvalue weighted by molar-refractivity contribution is 7.00. The van der Waals surface area contributed by atoms with E-state index in [1.165, 1.54) is 110 Å². The largest absolute Gasteiger partial charge is 0.319 e. The first-order chi connectivity index (χ1) is 32.2. The fourth-order valence-electron chi connectivity index (χ4n) is 12.5. The van der Waals surface area contributed by atoms with Gasteiger partial charge in [0.2, 0.25) is 19.4 Å². The molecule has 0 radical (unpaired) electrons. The van der Waals surface area contributed by atoms with Gasteiger partial charge in [-0.2, -0.15) is 0 Å². The molecule has 2 aliphatic carbocycles. The van der Waals surface area contributed by atoms with Crippen LogP contribution in [0.1, 0.15) is 34.1 Å². The van der Waals surface area contributed by atoms with Crippen molar-refractivity contribution in [1.82, 2.24) is 30.2 Å². The van der Waals surface area contributed by atoms with Crippen molar-refractivity contribution in [3.05, 3.63) is 193 Å². The normalized spacial score (nSPS) is 15.7. The predicted molar refractivity (Wildman–Crippen MR) is 270 cm³/mol. The van der Waals surface area contributed by atoms with Crippen LogP contribution in [-0.2, 0) is 0 Å². The van der Waals surface area contributed by atoms with E-state index in [0.29, 0.717) is 17.8 Å². The maximum Gasteiger partial charge on any atom is 0.242 e. The Bertz CT molecular complexity index is 3420. The standard InChI is InChI=1S/C57H42B2N6/c1-60-29-49-37-13-5-3-11-35(37)43-25-47-39-15-7-9-17-51(39)58(53(47)27-45(43)49)33-19-21-41-42-22-20-34(24-56(42)65(55(41)23-33)57-63-31-62-32-64-57)59-52-18-10-8-16-40(52)48-26-44-36-12-4-6-14-38(36)50(30-61-2)46(44)28-54(48)59/h3-28,31-32,49-50,60-61H,29-30H2,1-2H3. The van der Waals surface area contributed by atoms with Gasteiger partial charge in [-0.3, -0.25) is 4.57 Å². The van der Waals surface area contributed by atoms with Gasteiger partial charge in [0, 0.05) is 35.7 Å². The number of benzene rings is 8. The molecule has 0 fully saturated rings. The van der Waals surface area contributed by atoms with Crippen molar-refractivity contribution >= 4 is 68.0 Å². The number of nitrogens with zero attached hydrogens (tertiary/aromatic N) is 4. The van der Waals surface area contributed by atoms with Crippen LogP contribution >= 0.6 is 0 Å². The van der Waals surface area contributed by atoms with Gasteiger partial charge in [-0.15, -0.1) is 0 Å². The van der Waals surface area contributed by atoms with E-state index in [1.54, 1.807) is 12.7 Å². The van der Waals surface area contributed by atoms with Crippen LogP contribution in [0.3, 0.4) is 0 Å². The Morgan fingerprint density at radius 3 is 1.35 bits per heavy atom. The van der Waals surface area contributed by atoms with Gasteiger partial charge in [0.1, 0.15) is 12.7 Å². The molecule has 14 rings (SSSR count). The first-order valence-electron chi connectivity index (χ1n) is 22.9. The predicted octanol–water partition coefficient (Wildman–Crippen LogP) is 6.63. The van der Waals surface area contributed by atoms with Gasteiger partial charge in [0.15, 0.2) is 0 Å². The molecule has 65 heavy (non-hydrogen) atoms. The van der Waals surface area contributed by atoms with E-state index in [-0.39, 0.29) is 13.4 Å². The van der Waals surface area contributed by atoms with E-state index in [2.05, 4.69) is 192 Å². The molecule has 8 aromatic carbocycles. The minimum absolute atomic E-state index is 0.0707. The molecule has 306 valence electrons. The Morgan fingerprint density at radius 2 is 0.877 bits per heavy atom. The van der Waals surface area contributed by atoms with Crippen molar-refractivity contribution in [2.45, 2.75) is 11.8 Å². The van der Waals surface area contributed by atoms with E-state index in [1.807, 2.05) is 0 Å². The van der Waals surface area contributed by atoms with Crippen molar-refractivity contribution in [2.24, 2.45) is 0 Å². The molecule has 2 atom stereocenters. The zero-order chi connectivity index (χ0) is 42.9. The molecule has 0 bridgehead atoms. The Hall–Kier alpha value is -7.38. The second kappa shape index (κ2) is 14.1. The van der Waals surface area contributed by atoms with Gasteiger partial charge in [0.25, 0.3) is 0 Å². The van der Waals surface area contributed by atoms with Crippen LogP contribution in [0.15, 0.2) is 170 Å². The van der Waals surface area contributed by atoms with Crippen LogP contribution < -0.4 is 43.4 Å². The second-order valence-electron chi connectivity index (χ2n) is 18.3. The number of likely N-dealkylation sites (N-methyl/N-ethyl adjacent to an activating group) is 2. The summed E-state index contributed by atoms with van der Waals surface area (Å²) >= 11 is 0. The van der Waals surface area contributed by atoms with Gasteiger partial charge < -0.3 is 10.6 Å². The number of hydrogen-bond acceptors (Lipinski definition) is 5. The number of rotatable bonds is 7. The van der Waals surface area contributed by atoms with Crippen LogP contribution in [0, 0.1) is 0 Å². The maximum absolute atomic E-state index is 4.82. The molecule has 0 saturated carbocycles. The lowest BCUT2D eigenvalue weighted by molar-refractivity contribution is 0.720. The lowest BCUT2D eigenvalue weighted by Crippen LogP contribution is -2.49. The lowest BCUT2D eigenvalue weighted by atomic mass is 9.38. The van der Waals surface area contributed by atoms with E-state index in [4.69, 9.17) is 9.97 Å². The summed E-state index contributed by atoms with van der Waals surface area (Å²) in [4.78, 5) is 13.9. The molecular weight excluding hydrogens is 790 g/mol. The smallest absolute Gasteiger partial charge is 0.242 e. The summed E-state index contributed by atoms with van der Waals surface area (Å²) in [5.74, 6) is 1.22. The third kappa shape index (κ3) is 5.18. The van der Waals surface area contributed by atoms with Gasteiger partial charge in [-0.05, 0) is 105 Å². The van der Waals surface area contributed by atoms with Gasteiger partial charge in [-0.25, -0.2) is 15.0 Å². The molecule has 2 unspecified atom stereocenters. The molecule has 0 spiro atoms. The summed E-state index contributed by atoms with van der Waals surface area (Å²) in [6.07, 6.45) is 3.22. The fraction of sp³-hybridized carbons (Fsp3) is 0.105. The van der Waals surface area contributed by atoms with Crippen molar-refractivity contribution in [1.29, 1.82) is 0 Å². The first kappa shape index (κ1) is 37.0. The van der Waals surface area contributed by atoms with Gasteiger partial charge in [-0.1, -0.05) is 166 Å². The second-order valence-corrected chi connectivity index (χ2v) is 18.3. The van der Waals surface area contributed by atoms with Crippen LogP contribution in [0.25, 0.3) is 72.3 Å². The molecule has 4 heterocycles. The Labute approximate surface area is 378 Å². The van der Waals surface area contributed by atoms with Crippen LogP contribution in [0.5, 0.6) is 0 Å². The molecule has 6 nitrogen and oxygen atoms in total. The quantitative estimate of drug-likeness (QED) is 0.177. The molecular formula is C57H42B2N6. The maximum atomic E-state index is 4.82. The third-order valence-electron chi connectivity index (χ3n) is 15.2. The molecule has 2 N–H and O–H groups in total. The van der Waals surface area contributed by atoms with Crippen molar-refractivity contribution in [3.63, 3.8) is 0 Å². The number of hydrogen-bond donors (Lipinski definition) is 2. The zero-order valence-corrected chi connectivity index (χ0v) is 36.2. The van der Waals surface area contributed by atoms with Crippen molar-refractivity contribution in [2.75, 3.05) is 27.2 Å². The number of fused-ring (bicyclic) bond motifs is 15. The molecule has 10 aromatic rings. The Balaban J connectivity index is 0.955. The summed E-state index contributed by atoms with van der Waals surface area (Å²) in [5.41, 5.74) is 26.5. The van der Waals surface area contributed by atoms with Crippen LogP contribution in [0.4, 0.5) is 0 Å². The van der Waals surface area contributed by atoms with E-state index in [9.17, 15) is 0 Å². The highest BCUT2D eigenvalue weighted by atomic mass is 15.2. The van der Waals surface area contributed by atoms with E-state index >= 15 is 0 Å². The molecule has 0 saturated heterocycles. The summed E-state index contributed by atoms with van der Waals surface area (Å²) in [6, 6.07) is 60.2. The zero-order valence-electron chi connectivity index (χ0n) is 36.2.